The van der Waals surface area contributed by atoms with E-state index in [2.05, 4.69) is 10.6 Å². The molecule has 1 saturated heterocycles. The topological polar surface area (TPSA) is 97.0 Å². The first kappa shape index (κ1) is 22.5. The van der Waals surface area contributed by atoms with Gasteiger partial charge in [-0.05, 0) is 49.9 Å². The van der Waals surface area contributed by atoms with Crippen molar-refractivity contribution in [1.29, 1.82) is 0 Å². The third-order valence-electron chi connectivity index (χ3n) is 4.94. The largest absolute Gasteiger partial charge is 0.494 e. The summed E-state index contributed by atoms with van der Waals surface area (Å²) >= 11 is 0. The molecule has 0 radical (unpaired) electrons. The number of rotatable bonds is 7. The summed E-state index contributed by atoms with van der Waals surface area (Å²) in [4.78, 5) is 38.6. The highest BCUT2D eigenvalue weighted by atomic mass is 16.5. The lowest BCUT2D eigenvalue weighted by Gasteiger charge is -2.32. The Morgan fingerprint density at radius 2 is 1.76 bits per heavy atom. The van der Waals surface area contributed by atoms with Crippen molar-refractivity contribution in [3.8, 4) is 5.75 Å². The first-order valence-corrected chi connectivity index (χ1v) is 10.0. The van der Waals surface area contributed by atoms with Crippen LogP contribution in [0.1, 0.15) is 44.0 Å². The molecule has 0 aliphatic carbocycles. The Kier molecular flexibility index (Phi) is 8.30. The van der Waals surface area contributed by atoms with E-state index in [1.807, 2.05) is 20.8 Å². The number of hydrogen-bond acceptors (Lipinski definition) is 5. The molecule has 1 aliphatic heterocycles. The van der Waals surface area contributed by atoms with Gasteiger partial charge in [0.25, 0.3) is 5.91 Å². The number of nitrogens with zero attached hydrogens (tertiary/aromatic N) is 1. The molecule has 29 heavy (non-hydrogen) atoms. The standard InChI is InChI=1S/C21H31N3O5/c1-5-29-17-8-6-15(7-9-17)19(25)23-18(14(2)3)20(26)22-16-10-12-24(13-11-16)21(27)28-4/h6-9,14,16,18H,5,10-13H2,1-4H3,(H,22,26)(H,23,25). The molecule has 0 saturated carbocycles. The van der Waals surface area contributed by atoms with Gasteiger partial charge in [0, 0.05) is 24.7 Å². The third-order valence-corrected chi connectivity index (χ3v) is 4.94. The normalized spacial score (nSPS) is 15.6. The smallest absolute Gasteiger partial charge is 0.409 e. The predicted octanol–water partition coefficient (Wildman–Crippen LogP) is 2.19. The molecule has 0 aromatic heterocycles. The number of methoxy groups -OCH3 is 1. The maximum atomic E-state index is 12.8. The van der Waals surface area contributed by atoms with Crippen molar-refractivity contribution in [2.75, 3.05) is 26.8 Å². The molecule has 0 spiro atoms. The molecule has 3 amide bonds. The van der Waals surface area contributed by atoms with Gasteiger partial charge >= 0.3 is 6.09 Å². The van der Waals surface area contributed by atoms with Crippen molar-refractivity contribution in [3.63, 3.8) is 0 Å². The summed E-state index contributed by atoms with van der Waals surface area (Å²) in [5.74, 6) is 0.107. The van der Waals surface area contributed by atoms with E-state index in [1.165, 1.54) is 7.11 Å². The van der Waals surface area contributed by atoms with Crippen LogP contribution in [0.3, 0.4) is 0 Å². The average Bonchev–Trinajstić information content (AvgIpc) is 2.72. The molecule has 1 aromatic rings. The van der Waals surface area contributed by atoms with Crippen LogP contribution in [0.2, 0.25) is 0 Å². The Labute approximate surface area is 171 Å². The van der Waals surface area contributed by atoms with Crippen LogP contribution in [0, 0.1) is 5.92 Å². The fourth-order valence-electron chi connectivity index (χ4n) is 3.26. The van der Waals surface area contributed by atoms with Crippen molar-refractivity contribution >= 4 is 17.9 Å². The highest BCUT2D eigenvalue weighted by molar-refractivity contribution is 5.97. The molecule has 8 heteroatoms. The minimum Gasteiger partial charge on any atom is -0.494 e. The number of piperidine rings is 1. The average molecular weight is 405 g/mol. The first-order chi connectivity index (χ1) is 13.8. The van der Waals surface area contributed by atoms with E-state index >= 15 is 0 Å². The van der Waals surface area contributed by atoms with Crippen LogP contribution in [-0.2, 0) is 9.53 Å². The number of carbonyl (C=O) groups excluding carboxylic acids is 3. The number of hydrogen-bond donors (Lipinski definition) is 2. The van der Waals surface area contributed by atoms with Crippen molar-refractivity contribution in [2.24, 2.45) is 5.92 Å². The highest BCUT2D eigenvalue weighted by Gasteiger charge is 2.29. The molecule has 1 heterocycles. The number of amides is 3. The quantitative estimate of drug-likeness (QED) is 0.725. The van der Waals surface area contributed by atoms with Crippen LogP contribution in [0.5, 0.6) is 5.75 Å². The maximum absolute atomic E-state index is 12.8. The zero-order valence-electron chi connectivity index (χ0n) is 17.6. The molecular formula is C21H31N3O5. The minimum absolute atomic E-state index is 0.0352. The molecule has 2 rings (SSSR count). The maximum Gasteiger partial charge on any atom is 0.409 e. The molecule has 1 atom stereocenters. The Morgan fingerprint density at radius 3 is 2.28 bits per heavy atom. The number of benzene rings is 1. The summed E-state index contributed by atoms with van der Waals surface area (Å²) in [5, 5.41) is 5.84. The van der Waals surface area contributed by atoms with E-state index in [0.29, 0.717) is 43.9 Å². The van der Waals surface area contributed by atoms with Crippen molar-refractivity contribution < 1.29 is 23.9 Å². The van der Waals surface area contributed by atoms with Crippen LogP contribution in [0.4, 0.5) is 4.79 Å². The van der Waals surface area contributed by atoms with Gasteiger partial charge in [0.1, 0.15) is 11.8 Å². The van der Waals surface area contributed by atoms with Gasteiger partial charge in [-0.1, -0.05) is 13.8 Å². The lowest BCUT2D eigenvalue weighted by molar-refractivity contribution is -0.124. The van der Waals surface area contributed by atoms with Crippen LogP contribution < -0.4 is 15.4 Å². The SMILES string of the molecule is CCOc1ccc(C(=O)NC(C(=O)NC2CCN(C(=O)OC)CC2)C(C)C)cc1. The minimum atomic E-state index is -0.646. The van der Waals surface area contributed by atoms with Gasteiger partial charge in [0.05, 0.1) is 13.7 Å². The van der Waals surface area contributed by atoms with Crippen LogP contribution >= 0.6 is 0 Å². The van der Waals surface area contributed by atoms with Gasteiger partial charge in [-0.2, -0.15) is 0 Å². The van der Waals surface area contributed by atoms with Gasteiger partial charge in [-0.15, -0.1) is 0 Å². The van der Waals surface area contributed by atoms with Gasteiger partial charge in [0.15, 0.2) is 0 Å². The second-order valence-electron chi connectivity index (χ2n) is 7.39. The molecular weight excluding hydrogens is 374 g/mol. The van der Waals surface area contributed by atoms with Gasteiger partial charge < -0.3 is 25.0 Å². The molecule has 0 bridgehead atoms. The molecule has 1 aliphatic rings. The summed E-state index contributed by atoms with van der Waals surface area (Å²) < 4.78 is 10.1. The molecule has 160 valence electrons. The predicted molar refractivity (Wildman–Crippen MR) is 109 cm³/mol. The van der Waals surface area contributed by atoms with E-state index < -0.39 is 6.04 Å². The number of nitrogens with one attached hydrogen (secondary N) is 2. The second-order valence-corrected chi connectivity index (χ2v) is 7.39. The monoisotopic (exact) mass is 405 g/mol. The third kappa shape index (κ3) is 6.37. The fraction of sp³-hybridized carbons (Fsp3) is 0.571. The van der Waals surface area contributed by atoms with Crippen molar-refractivity contribution in [3.05, 3.63) is 29.8 Å². The van der Waals surface area contributed by atoms with Crippen LogP contribution in [0.25, 0.3) is 0 Å². The Bertz CT molecular complexity index is 697. The van der Waals surface area contributed by atoms with E-state index in [4.69, 9.17) is 9.47 Å². The number of ether oxygens (including phenoxy) is 2. The molecule has 2 N–H and O–H groups in total. The summed E-state index contributed by atoms with van der Waals surface area (Å²) in [6.45, 7) is 7.29. The van der Waals surface area contributed by atoms with Gasteiger partial charge in [0.2, 0.25) is 5.91 Å². The first-order valence-electron chi connectivity index (χ1n) is 10.0. The molecule has 8 nitrogen and oxygen atoms in total. The number of likely N-dealkylation sites (tertiary alicyclic amines) is 1. The number of carbonyl (C=O) groups is 3. The Hall–Kier alpha value is -2.77. The lowest BCUT2D eigenvalue weighted by Crippen LogP contribution is -2.54. The molecule has 1 aromatic carbocycles. The molecule has 1 fully saturated rings. The summed E-state index contributed by atoms with van der Waals surface area (Å²) in [5.41, 5.74) is 0.471. The lowest BCUT2D eigenvalue weighted by atomic mass is 10.00. The highest BCUT2D eigenvalue weighted by Crippen LogP contribution is 2.14. The summed E-state index contributed by atoms with van der Waals surface area (Å²) in [7, 11) is 1.36. The van der Waals surface area contributed by atoms with Gasteiger partial charge in [-0.3, -0.25) is 9.59 Å². The van der Waals surface area contributed by atoms with Gasteiger partial charge in [-0.25, -0.2) is 4.79 Å². The Morgan fingerprint density at radius 1 is 1.14 bits per heavy atom. The summed E-state index contributed by atoms with van der Waals surface area (Å²) in [6, 6.07) is 6.14. The van der Waals surface area contributed by atoms with E-state index in [0.717, 1.165) is 0 Å². The van der Waals surface area contributed by atoms with Crippen LogP contribution in [0.15, 0.2) is 24.3 Å². The second kappa shape index (κ2) is 10.7. The Balaban J connectivity index is 1.92. The zero-order valence-corrected chi connectivity index (χ0v) is 17.6. The zero-order chi connectivity index (χ0) is 21.4. The van der Waals surface area contributed by atoms with E-state index in [-0.39, 0.29) is 29.9 Å². The van der Waals surface area contributed by atoms with E-state index in [9.17, 15) is 14.4 Å². The van der Waals surface area contributed by atoms with Crippen molar-refractivity contribution in [2.45, 2.75) is 45.7 Å². The van der Waals surface area contributed by atoms with Crippen molar-refractivity contribution in [1.82, 2.24) is 15.5 Å². The van der Waals surface area contributed by atoms with E-state index in [1.54, 1.807) is 29.2 Å². The molecule has 1 unspecified atom stereocenters. The summed E-state index contributed by atoms with van der Waals surface area (Å²) in [6.07, 6.45) is 0.953. The van der Waals surface area contributed by atoms with Crippen LogP contribution in [-0.4, -0.2) is 61.7 Å². The fourth-order valence-corrected chi connectivity index (χ4v) is 3.26.